The Kier molecular flexibility index (Phi) is 11.4. The first kappa shape index (κ1) is 34.3. The number of imidazole rings is 1. The molecule has 0 bridgehead atoms. The molecule has 13 heteroatoms. The fourth-order valence-corrected chi connectivity index (χ4v) is 6.75. The van der Waals surface area contributed by atoms with Gasteiger partial charge in [-0.25, -0.2) is 15.0 Å². The zero-order valence-corrected chi connectivity index (χ0v) is 28.2. The van der Waals surface area contributed by atoms with Gasteiger partial charge in [-0.15, -0.1) is 0 Å². The Labute approximate surface area is 278 Å². The highest BCUT2D eigenvalue weighted by Crippen LogP contribution is 2.42. The van der Waals surface area contributed by atoms with Gasteiger partial charge >= 0.3 is 7.60 Å². The zero-order valence-electron chi connectivity index (χ0n) is 26.5. The fraction of sp³-hybridized carbons (Fsp3) is 0.294. The van der Waals surface area contributed by atoms with Gasteiger partial charge in [0.15, 0.2) is 16.6 Å². The van der Waals surface area contributed by atoms with E-state index in [1.54, 1.807) is 31.9 Å². The number of benzene rings is 3. The number of ether oxygens (including phenoxy) is 2. The van der Waals surface area contributed by atoms with Gasteiger partial charge in [-0.05, 0) is 28.8 Å². The summed E-state index contributed by atoms with van der Waals surface area (Å²) in [5.74, 6) is 1.47. The van der Waals surface area contributed by atoms with Crippen LogP contribution in [-0.4, -0.2) is 62.0 Å². The number of thioether (sulfide) groups is 1. The first-order chi connectivity index (χ1) is 22.7. The highest BCUT2D eigenvalue weighted by Gasteiger charge is 2.37. The number of fused-ring (bicyclic) bond motifs is 1. The predicted octanol–water partition coefficient (Wildman–Crippen LogP) is 6.33. The van der Waals surface area contributed by atoms with Crippen LogP contribution in [0.25, 0.3) is 11.2 Å². The maximum atomic E-state index is 12.4. The Bertz CT molecular complexity index is 1770. The predicted molar refractivity (Wildman–Crippen MR) is 184 cm³/mol. The number of methoxy groups -OCH3 is 1. The van der Waals surface area contributed by atoms with Gasteiger partial charge in [0.1, 0.15) is 29.5 Å². The van der Waals surface area contributed by atoms with E-state index in [-0.39, 0.29) is 24.2 Å². The molecule has 11 nitrogen and oxygen atoms in total. The third-order valence-electron chi connectivity index (χ3n) is 7.47. The average molecular weight is 676 g/mol. The summed E-state index contributed by atoms with van der Waals surface area (Å²) in [5.41, 5.74) is 3.24. The minimum atomic E-state index is -3.97. The maximum absolute atomic E-state index is 12.4. The maximum Gasteiger partial charge on any atom is 0.353 e. The number of carbonyl (C=O) groups excluding carboxylic acids is 1. The summed E-state index contributed by atoms with van der Waals surface area (Å²) in [4.78, 5) is 35.6. The largest absolute Gasteiger partial charge is 0.497 e. The van der Waals surface area contributed by atoms with Crippen molar-refractivity contribution in [3.05, 3.63) is 114 Å². The number of hydrogen-bond donors (Lipinski definition) is 2. The number of anilines is 1. The molecule has 0 saturated carbocycles. The molecule has 2 N–H and O–H groups in total. The van der Waals surface area contributed by atoms with Crippen molar-refractivity contribution in [2.45, 2.75) is 25.9 Å². The second kappa shape index (κ2) is 15.7. The lowest BCUT2D eigenvalue weighted by Crippen LogP contribution is -2.38. The fourth-order valence-electron chi connectivity index (χ4n) is 5.12. The van der Waals surface area contributed by atoms with Gasteiger partial charge in [-0.1, -0.05) is 98.4 Å². The highest BCUT2D eigenvalue weighted by atomic mass is 32.2. The number of rotatable bonds is 16. The molecule has 1 atom stereocenters. The van der Waals surface area contributed by atoms with E-state index in [4.69, 9.17) is 14.0 Å². The number of nitrogens with one attached hydrogen (secondary N) is 1. The van der Waals surface area contributed by atoms with Gasteiger partial charge < -0.3 is 28.8 Å². The van der Waals surface area contributed by atoms with Crippen LogP contribution in [0.5, 0.6) is 5.75 Å². The minimum Gasteiger partial charge on any atom is -0.497 e. The number of hydrogen-bond acceptors (Lipinski definition) is 10. The summed E-state index contributed by atoms with van der Waals surface area (Å²) in [7, 11) is -2.33. The van der Waals surface area contributed by atoms with Gasteiger partial charge in [0, 0.05) is 18.2 Å². The average Bonchev–Trinajstić information content (AvgIpc) is 3.52. The number of aromatic nitrogens is 4. The molecule has 0 spiro atoms. The first-order valence-corrected chi connectivity index (χ1v) is 17.9. The molecule has 47 heavy (non-hydrogen) atoms. The third-order valence-corrected chi connectivity index (χ3v) is 9.69. The van der Waals surface area contributed by atoms with Crippen molar-refractivity contribution >= 4 is 41.5 Å². The Morgan fingerprint density at radius 1 is 0.936 bits per heavy atom. The van der Waals surface area contributed by atoms with Crippen LogP contribution in [0.15, 0.2) is 97.6 Å². The van der Waals surface area contributed by atoms with Crippen LogP contribution in [0.3, 0.4) is 0 Å². The van der Waals surface area contributed by atoms with Crippen LogP contribution in [0, 0.1) is 5.92 Å². The van der Waals surface area contributed by atoms with Crippen molar-refractivity contribution in [3.8, 4) is 5.75 Å². The highest BCUT2D eigenvalue weighted by molar-refractivity contribution is 8.13. The summed E-state index contributed by atoms with van der Waals surface area (Å²) < 4.78 is 30.3. The van der Waals surface area contributed by atoms with E-state index in [2.05, 4.69) is 44.5 Å². The summed E-state index contributed by atoms with van der Waals surface area (Å²) in [5, 5.41) is 3.76. The van der Waals surface area contributed by atoms with Crippen molar-refractivity contribution in [1.82, 2.24) is 19.5 Å². The Hall–Kier alpha value is -4.06. The summed E-state index contributed by atoms with van der Waals surface area (Å²) in [6.45, 7) is 4.03. The molecule has 1 unspecified atom stereocenters. The van der Waals surface area contributed by atoms with Crippen LogP contribution in [0.1, 0.15) is 30.5 Å². The van der Waals surface area contributed by atoms with E-state index in [0.717, 1.165) is 34.2 Å². The minimum absolute atomic E-state index is 0.0129. The lowest BCUT2D eigenvalue weighted by molar-refractivity contribution is -0.113. The molecule has 5 aromatic rings. The van der Waals surface area contributed by atoms with E-state index in [1.165, 1.54) is 6.33 Å². The van der Waals surface area contributed by atoms with Crippen LogP contribution in [0.2, 0.25) is 0 Å². The van der Waals surface area contributed by atoms with Gasteiger partial charge in [-0.2, -0.15) is 0 Å². The lowest BCUT2D eigenvalue weighted by atomic mass is 9.77. The number of nitrogens with zero attached hydrogens (tertiary/aromatic N) is 4. The van der Waals surface area contributed by atoms with Crippen LogP contribution < -0.4 is 10.1 Å². The summed E-state index contributed by atoms with van der Waals surface area (Å²) >= 11 is 1.09. The second-order valence-electron chi connectivity index (χ2n) is 11.0. The molecule has 0 aliphatic rings. The molecule has 0 aliphatic heterocycles. The van der Waals surface area contributed by atoms with E-state index in [9.17, 15) is 14.3 Å². The molecular weight excluding hydrogens is 637 g/mol. The summed E-state index contributed by atoms with van der Waals surface area (Å²) in [6.07, 6.45) is 2.66. The number of carbonyl (C=O) groups is 1. The van der Waals surface area contributed by atoms with Crippen molar-refractivity contribution in [1.29, 1.82) is 0 Å². The van der Waals surface area contributed by atoms with Crippen molar-refractivity contribution < 1.29 is 28.3 Å². The van der Waals surface area contributed by atoms with Crippen molar-refractivity contribution in [2.24, 2.45) is 5.92 Å². The SMILES string of the molecule is COc1ccc(C(Nc2ncnc3c2ncn3CCOCP(=O)(O)OCCSC(=O)C(C)C)(c2ccccc2)c2ccccc2)cc1. The third kappa shape index (κ3) is 8.27. The molecule has 0 amide bonds. The molecule has 3 aromatic carbocycles. The molecule has 0 saturated heterocycles. The zero-order chi connectivity index (χ0) is 33.3. The summed E-state index contributed by atoms with van der Waals surface area (Å²) in [6, 6.07) is 28.2. The van der Waals surface area contributed by atoms with Crippen molar-refractivity contribution in [3.63, 3.8) is 0 Å². The van der Waals surface area contributed by atoms with Crippen LogP contribution >= 0.6 is 19.4 Å². The molecule has 0 fully saturated rings. The van der Waals surface area contributed by atoms with Crippen LogP contribution in [0.4, 0.5) is 5.82 Å². The van der Waals surface area contributed by atoms with Gasteiger partial charge in [0.25, 0.3) is 0 Å². The van der Waals surface area contributed by atoms with E-state index >= 15 is 0 Å². The Morgan fingerprint density at radius 3 is 2.19 bits per heavy atom. The second-order valence-corrected chi connectivity index (χ2v) is 13.9. The smallest absolute Gasteiger partial charge is 0.353 e. The Morgan fingerprint density at radius 2 is 1.57 bits per heavy atom. The van der Waals surface area contributed by atoms with E-state index in [0.29, 0.717) is 29.3 Å². The topological polar surface area (TPSA) is 138 Å². The quantitative estimate of drug-likeness (QED) is 0.0689. The van der Waals surface area contributed by atoms with E-state index in [1.807, 2.05) is 60.7 Å². The molecule has 5 rings (SSSR count). The molecule has 246 valence electrons. The van der Waals surface area contributed by atoms with Crippen molar-refractivity contribution in [2.75, 3.05) is 37.7 Å². The monoisotopic (exact) mass is 675 g/mol. The molecule has 2 aromatic heterocycles. The lowest BCUT2D eigenvalue weighted by Gasteiger charge is -2.37. The van der Waals surface area contributed by atoms with Gasteiger partial charge in [0.05, 0.1) is 26.7 Å². The van der Waals surface area contributed by atoms with Crippen LogP contribution in [-0.2, 0) is 30.7 Å². The molecule has 2 heterocycles. The Balaban J connectivity index is 1.36. The van der Waals surface area contributed by atoms with Gasteiger partial charge in [0.2, 0.25) is 0 Å². The standard InChI is InChI=1S/C34H38N5O6PS/c1-25(2)33(40)47-21-20-45-46(41,42)24-44-19-18-39-23-37-30-31(35-22-36-32(30)39)38-34(26-10-6-4-7-11-26,27-12-8-5-9-13-27)28-14-16-29(43-3)17-15-28/h4-17,22-23,25H,18-21,24H2,1-3H3,(H,41,42)(H,35,36,38). The molecular formula is C34H38N5O6PS. The molecule has 0 aliphatic carbocycles. The first-order valence-electron chi connectivity index (χ1n) is 15.1. The van der Waals surface area contributed by atoms with E-state index < -0.39 is 19.5 Å². The molecule has 0 radical (unpaired) electrons. The normalized spacial score (nSPS) is 13.0. The van der Waals surface area contributed by atoms with Gasteiger partial charge in [-0.3, -0.25) is 9.36 Å².